The van der Waals surface area contributed by atoms with Gasteiger partial charge in [0, 0.05) is 18.0 Å². The molecule has 0 aliphatic carbocycles. The van der Waals surface area contributed by atoms with E-state index in [1.165, 1.54) is 0 Å². The molecule has 4 heteroatoms. The summed E-state index contributed by atoms with van der Waals surface area (Å²) < 4.78 is 1.73. The second-order valence-electron chi connectivity index (χ2n) is 3.98. The Balaban J connectivity index is 2.14. The average Bonchev–Trinajstić information content (AvgIpc) is 2.82. The van der Waals surface area contributed by atoms with Crippen LogP contribution in [0.1, 0.15) is 10.4 Å². The molecule has 4 nitrogen and oxygen atoms in total. The van der Waals surface area contributed by atoms with Crippen LogP contribution in [0, 0.1) is 0 Å². The van der Waals surface area contributed by atoms with Crippen LogP contribution < -0.4 is 0 Å². The standard InChI is InChI=1S/C14H10N2O2/c17-14(18)11-6-7-13-15-12(9-16(13)8-11)10-4-2-1-3-5-10/h1-9H,(H,17,18). The zero-order valence-corrected chi connectivity index (χ0v) is 9.45. The number of fused-ring (bicyclic) bond motifs is 1. The van der Waals surface area contributed by atoms with Gasteiger partial charge in [-0.3, -0.25) is 0 Å². The molecule has 1 N–H and O–H groups in total. The van der Waals surface area contributed by atoms with Crippen molar-refractivity contribution in [3.63, 3.8) is 0 Å². The molecule has 0 spiro atoms. The van der Waals surface area contributed by atoms with Gasteiger partial charge >= 0.3 is 5.97 Å². The number of carboxylic acids is 1. The SMILES string of the molecule is O=C(O)c1ccc2nc(-c3ccccc3)cn2c1. The van der Waals surface area contributed by atoms with Gasteiger partial charge in [-0.05, 0) is 12.1 Å². The van der Waals surface area contributed by atoms with Gasteiger partial charge in [0.1, 0.15) is 5.65 Å². The summed E-state index contributed by atoms with van der Waals surface area (Å²) in [6, 6.07) is 13.0. The summed E-state index contributed by atoms with van der Waals surface area (Å²) in [4.78, 5) is 15.3. The van der Waals surface area contributed by atoms with Gasteiger partial charge in [0.05, 0.1) is 11.3 Å². The number of pyridine rings is 1. The van der Waals surface area contributed by atoms with Crippen molar-refractivity contribution >= 4 is 11.6 Å². The molecule has 0 saturated carbocycles. The number of aromatic nitrogens is 2. The van der Waals surface area contributed by atoms with E-state index in [-0.39, 0.29) is 5.56 Å². The molecule has 3 aromatic rings. The Morgan fingerprint density at radius 3 is 2.56 bits per heavy atom. The summed E-state index contributed by atoms with van der Waals surface area (Å²) in [6.45, 7) is 0. The lowest BCUT2D eigenvalue weighted by Crippen LogP contribution is -1.97. The largest absolute Gasteiger partial charge is 0.478 e. The molecule has 0 unspecified atom stereocenters. The summed E-state index contributed by atoms with van der Waals surface area (Å²) in [5.74, 6) is -0.938. The minimum Gasteiger partial charge on any atom is -0.478 e. The number of carboxylic acid groups (broad SMARTS) is 1. The van der Waals surface area contributed by atoms with Crippen molar-refractivity contribution < 1.29 is 9.90 Å². The third-order valence-corrected chi connectivity index (χ3v) is 2.77. The van der Waals surface area contributed by atoms with Gasteiger partial charge in [-0.1, -0.05) is 30.3 Å². The third kappa shape index (κ3) is 1.73. The highest BCUT2D eigenvalue weighted by molar-refractivity contribution is 5.87. The van der Waals surface area contributed by atoms with Crippen molar-refractivity contribution in [1.29, 1.82) is 0 Å². The maximum Gasteiger partial charge on any atom is 0.337 e. The molecular formula is C14H10N2O2. The topological polar surface area (TPSA) is 54.6 Å². The van der Waals surface area contributed by atoms with Gasteiger partial charge in [0.15, 0.2) is 0 Å². The lowest BCUT2D eigenvalue weighted by atomic mass is 10.2. The molecular weight excluding hydrogens is 228 g/mol. The number of nitrogens with zero attached hydrogens (tertiary/aromatic N) is 2. The molecule has 0 fully saturated rings. The van der Waals surface area contributed by atoms with E-state index in [2.05, 4.69) is 4.98 Å². The third-order valence-electron chi connectivity index (χ3n) is 2.77. The van der Waals surface area contributed by atoms with E-state index in [0.717, 1.165) is 16.9 Å². The summed E-state index contributed by atoms with van der Waals surface area (Å²) in [5, 5.41) is 8.93. The van der Waals surface area contributed by atoms with Crippen LogP contribution in [0.4, 0.5) is 0 Å². The molecule has 0 amide bonds. The lowest BCUT2D eigenvalue weighted by Gasteiger charge is -1.95. The van der Waals surface area contributed by atoms with Gasteiger partial charge in [-0.15, -0.1) is 0 Å². The molecule has 2 aromatic heterocycles. The molecule has 88 valence electrons. The van der Waals surface area contributed by atoms with E-state index in [0.29, 0.717) is 0 Å². The lowest BCUT2D eigenvalue weighted by molar-refractivity contribution is 0.0696. The molecule has 0 radical (unpaired) electrons. The number of hydrogen-bond donors (Lipinski definition) is 1. The molecule has 3 rings (SSSR count). The minimum absolute atomic E-state index is 0.250. The zero-order valence-electron chi connectivity index (χ0n) is 9.45. The first kappa shape index (κ1) is 10.5. The van der Waals surface area contributed by atoms with Gasteiger partial charge in [-0.25, -0.2) is 9.78 Å². The molecule has 0 aliphatic heterocycles. The summed E-state index contributed by atoms with van der Waals surface area (Å²) in [7, 11) is 0. The van der Waals surface area contributed by atoms with Crippen molar-refractivity contribution in [1.82, 2.24) is 9.38 Å². The number of aromatic carboxylic acids is 1. The maximum atomic E-state index is 10.9. The van der Waals surface area contributed by atoms with Crippen LogP contribution in [0.15, 0.2) is 54.9 Å². The smallest absolute Gasteiger partial charge is 0.337 e. The van der Waals surface area contributed by atoms with Gasteiger partial charge in [0.25, 0.3) is 0 Å². The Labute approximate surface area is 103 Å². The fourth-order valence-corrected chi connectivity index (χ4v) is 1.87. The van der Waals surface area contributed by atoms with Crippen molar-refractivity contribution in [3.05, 3.63) is 60.4 Å². The van der Waals surface area contributed by atoms with E-state index >= 15 is 0 Å². The Bertz CT molecular complexity index is 717. The summed E-state index contributed by atoms with van der Waals surface area (Å²) in [6.07, 6.45) is 3.40. The van der Waals surface area contributed by atoms with Crippen LogP contribution in [-0.2, 0) is 0 Å². The van der Waals surface area contributed by atoms with Gasteiger partial charge in [-0.2, -0.15) is 0 Å². The zero-order chi connectivity index (χ0) is 12.5. The van der Waals surface area contributed by atoms with Crippen molar-refractivity contribution in [2.24, 2.45) is 0 Å². The van der Waals surface area contributed by atoms with Crippen LogP contribution in [0.3, 0.4) is 0 Å². The van der Waals surface area contributed by atoms with Crippen LogP contribution in [0.5, 0.6) is 0 Å². The normalized spacial score (nSPS) is 10.7. The minimum atomic E-state index is -0.938. The molecule has 0 saturated heterocycles. The molecule has 1 aromatic carbocycles. The van der Waals surface area contributed by atoms with E-state index in [1.807, 2.05) is 36.5 Å². The molecule has 2 heterocycles. The average molecular weight is 238 g/mol. The second kappa shape index (κ2) is 4.00. The monoisotopic (exact) mass is 238 g/mol. The van der Waals surface area contributed by atoms with Crippen LogP contribution in [0.25, 0.3) is 16.9 Å². The first-order chi connectivity index (χ1) is 8.74. The number of benzene rings is 1. The predicted molar refractivity (Wildman–Crippen MR) is 67.6 cm³/mol. The molecule has 0 aliphatic rings. The highest BCUT2D eigenvalue weighted by Crippen LogP contribution is 2.18. The Kier molecular flexibility index (Phi) is 2.34. The fourth-order valence-electron chi connectivity index (χ4n) is 1.87. The molecule has 18 heavy (non-hydrogen) atoms. The van der Waals surface area contributed by atoms with Crippen molar-refractivity contribution in [3.8, 4) is 11.3 Å². The van der Waals surface area contributed by atoms with E-state index in [4.69, 9.17) is 5.11 Å². The molecule has 0 atom stereocenters. The quantitative estimate of drug-likeness (QED) is 0.746. The predicted octanol–water partition coefficient (Wildman–Crippen LogP) is 2.70. The first-order valence-corrected chi connectivity index (χ1v) is 5.51. The number of hydrogen-bond acceptors (Lipinski definition) is 2. The maximum absolute atomic E-state index is 10.9. The van der Waals surface area contributed by atoms with E-state index < -0.39 is 5.97 Å². The van der Waals surface area contributed by atoms with Gasteiger partial charge < -0.3 is 9.51 Å². The Morgan fingerprint density at radius 2 is 1.83 bits per heavy atom. The highest BCUT2D eigenvalue weighted by Gasteiger charge is 2.07. The molecule has 0 bridgehead atoms. The van der Waals surface area contributed by atoms with E-state index in [1.54, 1.807) is 22.7 Å². The number of rotatable bonds is 2. The number of imidazole rings is 1. The fraction of sp³-hybridized carbons (Fsp3) is 0. The highest BCUT2D eigenvalue weighted by atomic mass is 16.4. The first-order valence-electron chi connectivity index (χ1n) is 5.51. The number of carbonyl (C=O) groups is 1. The summed E-state index contributed by atoms with van der Waals surface area (Å²) >= 11 is 0. The second-order valence-corrected chi connectivity index (χ2v) is 3.98. The summed E-state index contributed by atoms with van der Waals surface area (Å²) in [5.41, 5.74) is 2.83. The van der Waals surface area contributed by atoms with Crippen LogP contribution in [-0.4, -0.2) is 20.5 Å². The Morgan fingerprint density at radius 1 is 1.06 bits per heavy atom. The van der Waals surface area contributed by atoms with Crippen molar-refractivity contribution in [2.45, 2.75) is 0 Å². The van der Waals surface area contributed by atoms with Crippen molar-refractivity contribution in [2.75, 3.05) is 0 Å². The van der Waals surface area contributed by atoms with Gasteiger partial charge in [0.2, 0.25) is 0 Å². The van der Waals surface area contributed by atoms with Crippen LogP contribution in [0.2, 0.25) is 0 Å². The Hall–Kier alpha value is -2.62. The van der Waals surface area contributed by atoms with Crippen LogP contribution >= 0.6 is 0 Å². The van der Waals surface area contributed by atoms with E-state index in [9.17, 15) is 4.79 Å².